The Kier molecular flexibility index (Phi) is 8.02. The average Bonchev–Trinajstić information content (AvgIpc) is 3.36. The monoisotopic (exact) mass is 478 g/mol. The van der Waals surface area contributed by atoms with Gasteiger partial charge in [0.25, 0.3) is 0 Å². The van der Waals surface area contributed by atoms with Crippen LogP contribution in [0.2, 0.25) is 0 Å². The molecule has 2 aromatic carbocycles. The number of methoxy groups -OCH3 is 2. The zero-order chi connectivity index (χ0) is 24.8. The van der Waals surface area contributed by atoms with Gasteiger partial charge in [-0.25, -0.2) is 0 Å². The summed E-state index contributed by atoms with van der Waals surface area (Å²) in [7, 11) is 3.20. The molecule has 0 spiro atoms. The average molecular weight is 479 g/mol. The van der Waals surface area contributed by atoms with Crippen molar-refractivity contribution in [2.24, 2.45) is 5.92 Å². The minimum absolute atomic E-state index is 0.0225. The SMILES string of the molecule is CCC(NC(=O)C1CCN(Cc2nc(-c3ccc(OC)c(OC)c3)no2)CC1)c1ccccc1C. The highest BCUT2D eigenvalue weighted by Gasteiger charge is 2.27. The number of nitrogens with zero attached hydrogens (tertiary/aromatic N) is 3. The van der Waals surface area contributed by atoms with Crippen LogP contribution in [0.25, 0.3) is 11.4 Å². The van der Waals surface area contributed by atoms with Gasteiger partial charge in [-0.1, -0.05) is 36.3 Å². The zero-order valence-corrected chi connectivity index (χ0v) is 20.9. The number of likely N-dealkylation sites (tertiary alicyclic amines) is 1. The van der Waals surface area contributed by atoms with Crippen LogP contribution in [0.15, 0.2) is 47.0 Å². The van der Waals surface area contributed by atoms with Gasteiger partial charge >= 0.3 is 0 Å². The standard InChI is InChI=1S/C27H34N4O4/c1-5-22(21-9-7-6-8-18(21)2)28-27(32)19-12-14-31(15-13-19)17-25-29-26(30-35-25)20-10-11-23(33-3)24(16-20)34-4/h6-11,16,19,22H,5,12-15,17H2,1-4H3,(H,28,32). The molecular formula is C27H34N4O4. The number of aryl methyl sites for hydroxylation is 1. The van der Waals surface area contributed by atoms with Crippen LogP contribution >= 0.6 is 0 Å². The first-order valence-corrected chi connectivity index (χ1v) is 12.2. The summed E-state index contributed by atoms with van der Waals surface area (Å²) in [6.07, 6.45) is 2.49. The van der Waals surface area contributed by atoms with Crippen molar-refractivity contribution < 1.29 is 18.8 Å². The summed E-state index contributed by atoms with van der Waals surface area (Å²) in [5, 5.41) is 7.41. The number of piperidine rings is 1. The van der Waals surface area contributed by atoms with E-state index in [1.165, 1.54) is 11.1 Å². The molecule has 1 unspecified atom stereocenters. The molecule has 0 bridgehead atoms. The van der Waals surface area contributed by atoms with Gasteiger partial charge in [0.15, 0.2) is 11.5 Å². The smallest absolute Gasteiger partial charge is 0.241 e. The molecule has 4 rings (SSSR count). The Morgan fingerprint density at radius 3 is 2.57 bits per heavy atom. The van der Waals surface area contributed by atoms with Crippen LogP contribution in [-0.4, -0.2) is 48.3 Å². The first kappa shape index (κ1) is 24.7. The number of hydrogen-bond acceptors (Lipinski definition) is 7. The van der Waals surface area contributed by atoms with Crippen molar-refractivity contribution in [3.05, 3.63) is 59.5 Å². The molecule has 1 fully saturated rings. The first-order valence-electron chi connectivity index (χ1n) is 12.2. The molecule has 0 aliphatic carbocycles. The van der Waals surface area contributed by atoms with Crippen molar-refractivity contribution in [3.63, 3.8) is 0 Å². The molecule has 8 nitrogen and oxygen atoms in total. The molecule has 1 aliphatic rings. The van der Waals surface area contributed by atoms with Gasteiger partial charge < -0.3 is 19.3 Å². The number of rotatable bonds is 9. The Morgan fingerprint density at radius 2 is 1.89 bits per heavy atom. The predicted molar refractivity (Wildman–Crippen MR) is 133 cm³/mol. The van der Waals surface area contributed by atoms with Gasteiger partial charge in [-0.2, -0.15) is 4.98 Å². The van der Waals surface area contributed by atoms with Crippen LogP contribution in [0.5, 0.6) is 11.5 Å². The molecule has 1 aliphatic heterocycles. The molecule has 1 saturated heterocycles. The van der Waals surface area contributed by atoms with E-state index in [0.717, 1.165) is 37.9 Å². The molecule has 8 heteroatoms. The molecule has 1 amide bonds. The normalized spacial score (nSPS) is 15.5. The molecule has 2 heterocycles. The van der Waals surface area contributed by atoms with E-state index in [2.05, 4.69) is 46.3 Å². The minimum Gasteiger partial charge on any atom is -0.493 e. The lowest BCUT2D eigenvalue weighted by atomic mass is 9.94. The Morgan fingerprint density at radius 1 is 1.14 bits per heavy atom. The van der Waals surface area contributed by atoms with Gasteiger partial charge in [-0.05, 0) is 68.6 Å². The van der Waals surface area contributed by atoms with Crippen molar-refractivity contribution in [3.8, 4) is 22.9 Å². The van der Waals surface area contributed by atoms with Gasteiger partial charge in [0.05, 0.1) is 26.8 Å². The summed E-state index contributed by atoms with van der Waals surface area (Å²) in [6.45, 7) is 6.40. The van der Waals surface area contributed by atoms with Crippen molar-refractivity contribution in [2.75, 3.05) is 27.3 Å². The third kappa shape index (κ3) is 5.82. The summed E-state index contributed by atoms with van der Waals surface area (Å²) < 4.78 is 16.2. The number of benzene rings is 2. The van der Waals surface area contributed by atoms with Crippen LogP contribution in [0, 0.1) is 12.8 Å². The fourth-order valence-corrected chi connectivity index (χ4v) is 4.62. The van der Waals surface area contributed by atoms with E-state index in [-0.39, 0.29) is 17.9 Å². The summed E-state index contributed by atoms with van der Waals surface area (Å²) in [5.74, 6) is 2.50. The Balaban J connectivity index is 1.31. The lowest BCUT2D eigenvalue weighted by Gasteiger charge is -2.31. The van der Waals surface area contributed by atoms with E-state index < -0.39 is 0 Å². The molecule has 3 aromatic rings. The number of aromatic nitrogens is 2. The molecule has 0 saturated carbocycles. The van der Waals surface area contributed by atoms with Crippen LogP contribution in [0.3, 0.4) is 0 Å². The number of amides is 1. The number of hydrogen-bond donors (Lipinski definition) is 1. The summed E-state index contributed by atoms with van der Waals surface area (Å²) in [4.78, 5) is 19.8. The summed E-state index contributed by atoms with van der Waals surface area (Å²) in [5.41, 5.74) is 3.20. The van der Waals surface area contributed by atoms with Gasteiger partial charge in [-0.15, -0.1) is 0 Å². The first-order chi connectivity index (χ1) is 17.0. The van der Waals surface area contributed by atoms with E-state index in [1.54, 1.807) is 14.2 Å². The van der Waals surface area contributed by atoms with Gasteiger partial charge in [-0.3, -0.25) is 9.69 Å². The summed E-state index contributed by atoms with van der Waals surface area (Å²) >= 11 is 0. The van der Waals surface area contributed by atoms with Gasteiger partial charge in [0.1, 0.15) is 0 Å². The number of carbonyl (C=O) groups is 1. The Labute approximate surface area is 206 Å². The van der Waals surface area contributed by atoms with Gasteiger partial charge in [0.2, 0.25) is 17.6 Å². The number of nitrogens with one attached hydrogen (secondary N) is 1. The highest BCUT2D eigenvalue weighted by atomic mass is 16.5. The van der Waals surface area contributed by atoms with Crippen LogP contribution < -0.4 is 14.8 Å². The zero-order valence-electron chi connectivity index (χ0n) is 20.9. The van der Waals surface area contributed by atoms with Crippen LogP contribution in [-0.2, 0) is 11.3 Å². The van der Waals surface area contributed by atoms with Crippen LogP contribution in [0.4, 0.5) is 0 Å². The fraction of sp³-hybridized carbons (Fsp3) is 0.444. The highest BCUT2D eigenvalue weighted by Crippen LogP contribution is 2.31. The quantitative estimate of drug-likeness (QED) is 0.483. The fourth-order valence-electron chi connectivity index (χ4n) is 4.62. The van der Waals surface area contributed by atoms with E-state index in [0.29, 0.717) is 29.8 Å². The molecule has 1 atom stereocenters. The van der Waals surface area contributed by atoms with Crippen molar-refractivity contribution in [1.82, 2.24) is 20.4 Å². The third-order valence-electron chi connectivity index (χ3n) is 6.72. The molecule has 1 N–H and O–H groups in total. The minimum atomic E-state index is 0.0225. The number of carbonyl (C=O) groups excluding carboxylic acids is 1. The predicted octanol–water partition coefficient (Wildman–Crippen LogP) is 4.54. The Hall–Kier alpha value is -3.39. The molecular weight excluding hydrogens is 444 g/mol. The third-order valence-corrected chi connectivity index (χ3v) is 6.72. The second kappa shape index (κ2) is 11.4. The van der Waals surface area contributed by atoms with E-state index in [1.807, 2.05) is 30.3 Å². The largest absolute Gasteiger partial charge is 0.493 e. The van der Waals surface area contributed by atoms with Crippen molar-refractivity contribution >= 4 is 5.91 Å². The molecule has 35 heavy (non-hydrogen) atoms. The second-order valence-corrected chi connectivity index (χ2v) is 8.96. The lowest BCUT2D eigenvalue weighted by Crippen LogP contribution is -2.41. The molecule has 1 aromatic heterocycles. The van der Waals surface area contributed by atoms with E-state index in [9.17, 15) is 4.79 Å². The molecule has 186 valence electrons. The van der Waals surface area contributed by atoms with E-state index >= 15 is 0 Å². The van der Waals surface area contributed by atoms with E-state index in [4.69, 9.17) is 14.0 Å². The lowest BCUT2D eigenvalue weighted by molar-refractivity contribution is -0.127. The van der Waals surface area contributed by atoms with Gasteiger partial charge in [0, 0.05) is 11.5 Å². The highest BCUT2D eigenvalue weighted by molar-refractivity contribution is 5.79. The maximum atomic E-state index is 13.0. The van der Waals surface area contributed by atoms with Crippen molar-refractivity contribution in [2.45, 2.75) is 45.7 Å². The maximum absolute atomic E-state index is 13.0. The second-order valence-electron chi connectivity index (χ2n) is 8.96. The number of ether oxygens (including phenoxy) is 2. The Bertz CT molecular complexity index is 1140. The molecule has 0 radical (unpaired) electrons. The topological polar surface area (TPSA) is 89.7 Å². The van der Waals surface area contributed by atoms with Crippen molar-refractivity contribution in [1.29, 1.82) is 0 Å². The van der Waals surface area contributed by atoms with Crippen LogP contribution in [0.1, 0.15) is 49.2 Å². The maximum Gasteiger partial charge on any atom is 0.241 e. The summed E-state index contributed by atoms with van der Waals surface area (Å²) in [6, 6.07) is 13.8.